The third kappa shape index (κ3) is 4.73. The molecule has 0 radical (unpaired) electrons. The van der Waals surface area contributed by atoms with Crippen molar-refractivity contribution >= 4 is 27.3 Å². The average molecular weight is 301 g/mol. The highest BCUT2D eigenvalue weighted by Crippen LogP contribution is 2.27. The van der Waals surface area contributed by atoms with Crippen LogP contribution in [0, 0.1) is 16.0 Å². The van der Waals surface area contributed by atoms with Crippen LogP contribution in [-0.2, 0) is 0 Å². The highest BCUT2D eigenvalue weighted by Gasteiger charge is 2.12. The van der Waals surface area contributed by atoms with Crippen molar-refractivity contribution in [3.05, 3.63) is 32.8 Å². The fourth-order valence-corrected chi connectivity index (χ4v) is 1.90. The Balaban J connectivity index is 2.62. The lowest BCUT2D eigenvalue weighted by Crippen LogP contribution is -2.05. The first-order valence-corrected chi connectivity index (χ1v) is 6.48. The van der Waals surface area contributed by atoms with E-state index in [1.165, 1.54) is 6.07 Å². The van der Waals surface area contributed by atoms with E-state index in [1.807, 2.05) is 0 Å². The first-order chi connectivity index (χ1) is 8.00. The van der Waals surface area contributed by atoms with Gasteiger partial charge in [0.25, 0.3) is 5.69 Å². The molecule has 0 saturated carbocycles. The van der Waals surface area contributed by atoms with Gasteiger partial charge < -0.3 is 5.32 Å². The number of nitrogens with one attached hydrogen (secondary N) is 1. The van der Waals surface area contributed by atoms with Gasteiger partial charge >= 0.3 is 0 Å². The first kappa shape index (κ1) is 14.0. The number of benzene rings is 1. The maximum atomic E-state index is 10.8. The quantitative estimate of drug-likeness (QED) is 0.486. The summed E-state index contributed by atoms with van der Waals surface area (Å²) in [6.45, 7) is 5.10. The second-order valence-electron chi connectivity index (χ2n) is 4.38. The summed E-state index contributed by atoms with van der Waals surface area (Å²) in [5.74, 6) is 0.661. The van der Waals surface area contributed by atoms with E-state index in [1.54, 1.807) is 12.1 Å². The molecule has 0 aliphatic carbocycles. The second-order valence-corrected chi connectivity index (χ2v) is 5.30. The zero-order valence-electron chi connectivity index (χ0n) is 10.1. The van der Waals surface area contributed by atoms with E-state index < -0.39 is 0 Å². The number of nitro benzene ring substituents is 1. The molecule has 0 spiro atoms. The molecule has 4 nitrogen and oxygen atoms in total. The number of nitro groups is 1. The van der Waals surface area contributed by atoms with Gasteiger partial charge in [0, 0.05) is 17.1 Å². The number of halogens is 1. The third-order valence-corrected chi connectivity index (χ3v) is 2.92. The van der Waals surface area contributed by atoms with E-state index in [0.717, 1.165) is 23.9 Å². The number of hydrogen-bond donors (Lipinski definition) is 1. The Morgan fingerprint density at radius 1 is 1.47 bits per heavy atom. The van der Waals surface area contributed by atoms with Crippen LogP contribution in [0.2, 0.25) is 0 Å². The molecule has 0 unspecified atom stereocenters. The number of hydrogen-bond acceptors (Lipinski definition) is 3. The number of rotatable bonds is 6. The van der Waals surface area contributed by atoms with Crippen LogP contribution in [0.25, 0.3) is 0 Å². The normalized spacial score (nSPS) is 10.6. The predicted molar refractivity (Wildman–Crippen MR) is 73.4 cm³/mol. The van der Waals surface area contributed by atoms with Gasteiger partial charge in [-0.1, -0.05) is 29.8 Å². The molecule has 1 rings (SSSR count). The standard InChI is InChI=1S/C12H17BrN2O2/c1-9(2)4-3-7-14-11-8-10(13)5-6-12(11)15(16)17/h5-6,8-9,14H,3-4,7H2,1-2H3. The molecular formula is C12H17BrN2O2. The van der Waals surface area contributed by atoms with E-state index in [4.69, 9.17) is 0 Å². The van der Waals surface area contributed by atoms with E-state index in [2.05, 4.69) is 35.1 Å². The molecule has 0 aliphatic heterocycles. The van der Waals surface area contributed by atoms with Crippen molar-refractivity contribution in [2.24, 2.45) is 5.92 Å². The van der Waals surface area contributed by atoms with Gasteiger partial charge in [-0.3, -0.25) is 10.1 Å². The molecule has 1 aromatic rings. The Hall–Kier alpha value is -1.10. The van der Waals surface area contributed by atoms with Crippen LogP contribution in [-0.4, -0.2) is 11.5 Å². The van der Waals surface area contributed by atoms with Crippen LogP contribution in [0.1, 0.15) is 26.7 Å². The van der Waals surface area contributed by atoms with Crippen LogP contribution < -0.4 is 5.32 Å². The molecule has 0 aliphatic rings. The number of nitrogens with zero attached hydrogens (tertiary/aromatic N) is 1. The van der Waals surface area contributed by atoms with Crippen LogP contribution >= 0.6 is 15.9 Å². The van der Waals surface area contributed by atoms with Gasteiger partial charge in [-0.25, -0.2) is 0 Å². The molecule has 0 aromatic heterocycles. The minimum Gasteiger partial charge on any atom is -0.379 e. The smallest absolute Gasteiger partial charge is 0.292 e. The van der Waals surface area contributed by atoms with Crippen molar-refractivity contribution in [3.63, 3.8) is 0 Å². The SMILES string of the molecule is CC(C)CCCNc1cc(Br)ccc1[N+](=O)[O-]. The van der Waals surface area contributed by atoms with E-state index in [0.29, 0.717) is 11.6 Å². The van der Waals surface area contributed by atoms with Crippen molar-refractivity contribution in [1.82, 2.24) is 0 Å². The summed E-state index contributed by atoms with van der Waals surface area (Å²) in [6.07, 6.45) is 2.14. The van der Waals surface area contributed by atoms with Crippen LogP contribution in [0.5, 0.6) is 0 Å². The van der Waals surface area contributed by atoms with E-state index >= 15 is 0 Å². The molecule has 0 fully saturated rings. The van der Waals surface area contributed by atoms with Gasteiger partial charge in [-0.2, -0.15) is 0 Å². The van der Waals surface area contributed by atoms with E-state index in [9.17, 15) is 10.1 Å². The Labute approximate surface area is 110 Å². The fraction of sp³-hybridized carbons (Fsp3) is 0.500. The lowest BCUT2D eigenvalue weighted by atomic mass is 10.1. The zero-order chi connectivity index (χ0) is 12.8. The molecular weight excluding hydrogens is 284 g/mol. The fourth-order valence-electron chi connectivity index (χ4n) is 1.54. The van der Waals surface area contributed by atoms with E-state index in [-0.39, 0.29) is 10.6 Å². The summed E-state index contributed by atoms with van der Waals surface area (Å²) in [5, 5.41) is 13.9. The zero-order valence-corrected chi connectivity index (χ0v) is 11.7. The topological polar surface area (TPSA) is 55.2 Å². The van der Waals surface area contributed by atoms with Crippen molar-refractivity contribution in [2.75, 3.05) is 11.9 Å². The molecule has 0 heterocycles. The molecule has 17 heavy (non-hydrogen) atoms. The molecule has 0 saturated heterocycles. The molecule has 1 N–H and O–H groups in total. The summed E-state index contributed by atoms with van der Waals surface area (Å²) >= 11 is 3.32. The van der Waals surface area contributed by atoms with Crippen molar-refractivity contribution in [2.45, 2.75) is 26.7 Å². The lowest BCUT2D eigenvalue weighted by Gasteiger charge is -2.08. The molecule has 94 valence electrons. The highest BCUT2D eigenvalue weighted by atomic mass is 79.9. The Kier molecular flexibility index (Phi) is 5.41. The largest absolute Gasteiger partial charge is 0.379 e. The van der Waals surface area contributed by atoms with Gasteiger partial charge in [0.05, 0.1) is 4.92 Å². The minimum atomic E-state index is -0.364. The molecule has 0 atom stereocenters. The molecule has 1 aromatic carbocycles. The highest BCUT2D eigenvalue weighted by molar-refractivity contribution is 9.10. The molecule has 0 bridgehead atoms. The third-order valence-electron chi connectivity index (χ3n) is 2.43. The molecule has 5 heteroatoms. The van der Waals surface area contributed by atoms with Crippen molar-refractivity contribution in [1.29, 1.82) is 0 Å². The van der Waals surface area contributed by atoms with Gasteiger partial charge in [-0.05, 0) is 30.9 Å². The summed E-state index contributed by atoms with van der Waals surface area (Å²) in [6, 6.07) is 4.93. The van der Waals surface area contributed by atoms with Gasteiger partial charge in [0.15, 0.2) is 0 Å². The Morgan fingerprint density at radius 3 is 2.76 bits per heavy atom. The molecule has 0 amide bonds. The van der Waals surface area contributed by atoms with Gasteiger partial charge in [0.2, 0.25) is 0 Å². The summed E-state index contributed by atoms with van der Waals surface area (Å²) in [5.41, 5.74) is 0.700. The summed E-state index contributed by atoms with van der Waals surface area (Å²) in [4.78, 5) is 10.5. The second kappa shape index (κ2) is 6.59. The maximum Gasteiger partial charge on any atom is 0.292 e. The van der Waals surface area contributed by atoms with Crippen LogP contribution in [0.3, 0.4) is 0 Å². The average Bonchev–Trinajstić information content (AvgIpc) is 2.23. The van der Waals surface area contributed by atoms with Gasteiger partial charge in [0.1, 0.15) is 5.69 Å². The summed E-state index contributed by atoms with van der Waals surface area (Å²) in [7, 11) is 0. The van der Waals surface area contributed by atoms with Gasteiger partial charge in [-0.15, -0.1) is 0 Å². The Bertz CT molecular complexity index is 394. The number of anilines is 1. The van der Waals surface area contributed by atoms with Crippen molar-refractivity contribution in [3.8, 4) is 0 Å². The Morgan fingerprint density at radius 2 is 2.18 bits per heavy atom. The first-order valence-electron chi connectivity index (χ1n) is 5.68. The monoisotopic (exact) mass is 300 g/mol. The summed E-state index contributed by atoms with van der Waals surface area (Å²) < 4.78 is 0.842. The maximum absolute atomic E-state index is 10.8. The minimum absolute atomic E-state index is 0.123. The van der Waals surface area contributed by atoms with Crippen molar-refractivity contribution < 1.29 is 4.92 Å². The van der Waals surface area contributed by atoms with Crippen LogP contribution in [0.4, 0.5) is 11.4 Å². The lowest BCUT2D eigenvalue weighted by molar-refractivity contribution is -0.384. The predicted octanol–water partition coefficient (Wildman–Crippen LogP) is 4.21. The van der Waals surface area contributed by atoms with Crippen LogP contribution in [0.15, 0.2) is 22.7 Å².